The van der Waals surface area contributed by atoms with Crippen LogP contribution in [0.5, 0.6) is 0 Å². The molecule has 0 aromatic carbocycles. The monoisotopic (exact) mass is 448 g/mol. The van der Waals surface area contributed by atoms with Crippen LogP contribution in [0.3, 0.4) is 0 Å². The molecule has 1 N–H and O–H groups in total. The number of rotatable bonds is 6. The number of carbonyl (C=O) groups excluding carboxylic acids is 1. The van der Waals surface area contributed by atoms with Crippen LogP contribution in [0.15, 0.2) is 22.8 Å². The Hall–Kier alpha value is -1.79. The zero-order chi connectivity index (χ0) is 23.8. The average Bonchev–Trinajstić information content (AvgIpc) is 2.48. The zero-order valence-electron chi connectivity index (χ0n) is 15.7. The number of ether oxygens (including phenoxy) is 1. The van der Waals surface area contributed by atoms with Gasteiger partial charge in [0.1, 0.15) is 0 Å². The van der Waals surface area contributed by atoms with Crippen molar-refractivity contribution in [3.8, 4) is 0 Å². The van der Waals surface area contributed by atoms with Crippen LogP contribution >= 0.6 is 0 Å². The molecule has 0 aliphatic rings. The minimum atomic E-state index is -6.91. The number of carbonyl (C=O) groups is 1. The number of allylic oxidation sites excluding steroid dienone is 2. The molecule has 0 bridgehead atoms. The largest absolute Gasteiger partial charge is 0.439 e. The fraction of sp³-hybridized carbons (Fsp3) is 0.688. The van der Waals surface area contributed by atoms with Crippen LogP contribution in [0.2, 0.25) is 0 Å². The third-order valence-corrected chi connectivity index (χ3v) is 3.86. The number of hydrogen-bond donors (Lipinski definition) is 1. The highest BCUT2D eigenvalue weighted by Gasteiger charge is 2.86. The van der Waals surface area contributed by atoms with E-state index in [1.807, 2.05) is 0 Å². The number of esters is 1. The van der Waals surface area contributed by atoms with Gasteiger partial charge in [-0.1, -0.05) is 11.1 Å². The van der Waals surface area contributed by atoms with Crippen LogP contribution in [0.4, 0.5) is 43.9 Å². The Morgan fingerprint density at radius 1 is 0.897 bits per heavy atom. The van der Waals surface area contributed by atoms with Crippen molar-refractivity contribution in [3.63, 3.8) is 0 Å². The van der Waals surface area contributed by atoms with E-state index < -0.39 is 54.4 Å². The van der Waals surface area contributed by atoms with Crippen molar-refractivity contribution in [1.82, 2.24) is 0 Å². The highest BCUT2D eigenvalue weighted by Crippen LogP contribution is 2.56. The summed E-state index contributed by atoms with van der Waals surface area (Å²) in [5.41, 5.74) is -12.4. The molecule has 0 amide bonds. The summed E-state index contributed by atoms with van der Waals surface area (Å²) in [7, 11) is 0. The number of halogens is 10. The molecule has 29 heavy (non-hydrogen) atoms. The molecule has 3 nitrogen and oxygen atoms in total. The molecule has 170 valence electrons. The molecule has 0 aliphatic heterocycles. The summed E-state index contributed by atoms with van der Waals surface area (Å²) in [6.07, 6.45) is -17.9. The lowest BCUT2D eigenvalue weighted by atomic mass is 9.81. The summed E-state index contributed by atoms with van der Waals surface area (Å²) in [4.78, 5) is 12.1. The molecule has 0 saturated heterocycles. The van der Waals surface area contributed by atoms with Gasteiger partial charge in [0.15, 0.2) is 0 Å². The van der Waals surface area contributed by atoms with Crippen LogP contribution in [0.25, 0.3) is 0 Å². The molecule has 0 heterocycles. The molecule has 0 aromatic heterocycles. The Labute approximate surface area is 159 Å². The van der Waals surface area contributed by atoms with Crippen molar-refractivity contribution in [3.05, 3.63) is 22.8 Å². The van der Waals surface area contributed by atoms with Gasteiger partial charge in [0.2, 0.25) is 0 Å². The molecule has 0 rings (SSSR count). The average molecular weight is 448 g/mol. The standard InChI is InChI=1S/C16H18F10O3/c1-7(2)6-9(8(3)4)10(27)29-12(5,15(21,22)23)14(19,20)13(28,11(17)18)16(24,25)26/h6,11,28H,1-5H3. The second-order valence-electron chi connectivity index (χ2n) is 6.70. The first kappa shape index (κ1) is 27.2. The van der Waals surface area contributed by atoms with Gasteiger partial charge in [-0.15, -0.1) is 0 Å². The molecule has 2 atom stereocenters. The minimum absolute atomic E-state index is 0.0658. The van der Waals surface area contributed by atoms with Crippen LogP contribution in [0, 0.1) is 0 Å². The Bertz CT molecular complexity index is 682. The van der Waals surface area contributed by atoms with E-state index >= 15 is 0 Å². The van der Waals surface area contributed by atoms with Crippen LogP contribution in [-0.2, 0) is 9.53 Å². The third kappa shape index (κ3) is 4.69. The van der Waals surface area contributed by atoms with E-state index in [0.717, 1.165) is 19.9 Å². The van der Waals surface area contributed by atoms with Crippen molar-refractivity contribution in [2.75, 3.05) is 0 Å². The van der Waals surface area contributed by atoms with Gasteiger partial charge in [0.05, 0.1) is 5.57 Å². The summed E-state index contributed by atoms with van der Waals surface area (Å²) < 4.78 is 137. The molecule has 2 unspecified atom stereocenters. The van der Waals surface area contributed by atoms with E-state index in [4.69, 9.17) is 5.11 Å². The fourth-order valence-corrected chi connectivity index (χ4v) is 2.04. The van der Waals surface area contributed by atoms with Crippen LogP contribution in [0.1, 0.15) is 34.6 Å². The van der Waals surface area contributed by atoms with Crippen molar-refractivity contribution >= 4 is 5.97 Å². The van der Waals surface area contributed by atoms with Gasteiger partial charge in [-0.2, -0.15) is 35.1 Å². The normalized spacial score (nSPS) is 17.3. The van der Waals surface area contributed by atoms with E-state index in [1.165, 1.54) is 13.8 Å². The Balaban J connectivity index is 6.80. The topological polar surface area (TPSA) is 46.5 Å². The maximum atomic E-state index is 14.4. The molecule has 0 fully saturated rings. The minimum Gasteiger partial charge on any atom is -0.439 e. The second kappa shape index (κ2) is 8.15. The Morgan fingerprint density at radius 2 is 1.31 bits per heavy atom. The summed E-state index contributed by atoms with van der Waals surface area (Å²) >= 11 is 0. The quantitative estimate of drug-likeness (QED) is 0.258. The first-order chi connectivity index (χ1) is 12.6. The van der Waals surface area contributed by atoms with Gasteiger partial charge in [-0.05, 0) is 40.7 Å². The molecular formula is C16H18F10O3. The van der Waals surface area contributed by atoms with Gasteiger partial charge in [-0.3, -0.25) is 0 Å². The van der Waals surface area contributed by atoms with Crippen LogP contribution in [-0.4, -0.2) is 47.0 Å². The van der Waals surface area contributed by atoms with Crippen molar-refractivity contribution in [1.29, 1.82) is 0 Å². The number of hydrogen-bond acceptors (Lipinski definition) is 3. The van der Waals surface area contributed by atoms with Crippen molar-refractivity contribution < 1.29 is 58.5 Å². The maximum absolute atomic E-state index is 14.4. The van der Waals surface area contributed by atoms with E-state index in [2.05, 4.69) is 4.74 Å². The summed E-state index contributed by atoms with van der Waals surface area (Å²) in [6.45, 7) is 4.30. The molecule has 13 heteroatoms. The predicted molar refractivity (Wildman–Crippen MR) is 80.3 cm³/mol. The predicted octanol–water partition coefficient (Wildman–Crippen LogP) is 5.35. The zero-order valence-corrected chi connectivity index (χ0v) is 15.7. The molecule has 0 saturated carbocycles. The van der Waals surface area contributed by atoms with Crippen LogP contribution < -0.4 is 0 Å². The SMILES string of the molecule is CC(C)=CC(C(=O)OC(C)(C(F)(F)F)C(F)(F)C(O)(C(F)F)C(F)(F)F)=C(C)C. The van der Waals surface area contributed by atoms with Gasteiger partial charge >= 0.3 is 24.2 Å². The molecule has 0 spiro atoms. The lowest BCUT2D eigenvalue weighted by Crippen LogP contribution is -2.75. The van der Waals surface area contributed by atoms with Gasteiger partial charge < -0.3 is 9.84 Å². The van der Waals surface area contributed by atoms with E-state index in [1.54, 1.807) is 0 Å². The smallest absolute Gasteiger partial charge is 0.434 e. The number of alkyl halides is 10. The van der Waals surface area contributed by atoms with Crippen molar-refractivity contribution in [2.45, 2.75) is 70.5 Å². The lowest BCUT2D eigenvalue weighted by molar-refractivity contribution is -0.425. The Morgan fingerprint density at radius 3 is 1.55 bits per heavy atom. The highest BCUT2D eigenvalue weighted by atomic mass is 19.4. The number of aliphatic hydroxyl groups is 1. The highest BCUT2D eigenvalue weighted by molar-refractivity contribution is 5.92. The van der Waals surface area contributed by atoms with Gasteiger partial charge in [0.25, 0.3) is 17.6 Å². The molecular weight excluding hydrogens is 430 g/mol. The summed E-state index contributed by atoms with van der Waals surface area (Å²) in [5.74, 6) is -8.89. The molecule has 0 aromatic rings. The lowest BCUT2D eigenvalue weighted by Gasteiger charge is -2.45. The van der Waals surface area contributed by atoms with Gasteiger partial charge in [-0.25, -0.2) is 13.6 Å². The molecule has 0 radical (unpaired) electrons. The van der Waals surface area contributed by atoms with E-state index in [9.17, 15) is 48.7 Å². The van der Waals surface area contributed by atoms with Gasteiger partial charge in [0, 0.05) is 0 Å². The molecule has 0 aliphatic carbocycles. The summed E-state index contributed by atoms with van der Waals surface area (Å²) in [5, 5.41) is 9.02. The fourth-order valence-electron chi connectivity index (χ4n) is 2.04. The van der Waals surface area contributed by atoms with E-state index in [-0.39, 0.29) is 11.1 Å². The summed E-state index contributed by atoms with van der Waals surface area (Å²) in [6, 6.07) is 0. The Kier molecular flexibility index (Phi) is 7.65. The van der Waals surface area contributed by atoms with Crippen molar-refractivity contribution in [2.24, 2.45) is 0 Å². The maximum Gasteiger partial charge on any atom is 0.434 e. The van der Waals surface area contributed by atoms with E-state index in [0.29, 0.717) is 0 Å². The first-order valence-corrected chi connectivity index (χ1v) is 7.65. The second-order valence-corrected chi connectivity index (χ2v) is 6.70. The first-order valence-electron chi connectivity index (χ1n) is 7.65. The third-order valence-electron chi connectivity index (χ3n) is 3.86.